The first-order valence-corrected chi connectivity index (χ1v) is 34.8. The molecule has 0 bridgehead atoms. The Morgan fingerprint density at radius 2 is 0.575 bits per heavy atom. The summed E-state index contributed by atoms with van der Waals surface area (Å²) < 4.78 is 67.8. The molecule has 0 spiro atoms. The molecule has 0 aliphatic carbocycles. The molecular formula is C61H118O17P2. The quantitative estimate of drug-likeness (QED) is 0.0222. The predicted octanol–water partition coefficient (Wildman–Crippen LogP) is 16.3. The Balaban J connectivity index is 5.24. The molecule has 0 fully saturated rings. The van der Waals surface area contributed by atoms with E-state index >= 15 is 0 Å². The maximum atomic E-state index is 12.9. The molecule has 0 aliphatic heterocycles. The number of esters is 4. The number of aliphatic hydroxyl groups excluding tert-OH is 1. The number of rotatable bonds is 59. The lowest BCUT2D eigenvalue weighted by atomic mass is 10.0. The molecule has 0 amide bonds. The van der Waals surface area contributed by atoms with Crippen molar-refractivity contribution in [2.45, 2.75) is 311 Å². The van der Waals surface area contributed by atoms with Crippen LogP contribution in [0.1, 0.15) is 292 Å². The lowest BCUT2D eigenvalue weighted by molar-refractivity contribution is -0.161. The van der Waals surface area contributed by atoms with Gasteiger partial charge >= 0.3 is 39.5 Å². The number of carbonyl (C=O) groups excluding carboxylic acids is 4. The summed E-state index contributed by atoms with van der Waals surface area (Å²) >= 11 is 0. The van der Waals surface area contributed by atoms with E-state index in [4.69, 9.17) is 37.0 Å². The van der Waals surface area contributed by atoms with E-state index in [9.17, 15) is 43.2 Å². The van der Waals surface area contributed by atoms with E-state index < -0.39 is 97.5 Å². The van der Waals surface area contributed by atoms with E-state index in [-0.39, 0.29) is 25.7 Å². The van der Waals surface area contributed by atoms with Crippen molar-refractivity contribution < 1.29 is 80.2 Å². The van der Waals surface area contributed by atoms with E-state index in [0.29, 0.717) is 43.4 Å². The Hall–Kier alpha value is -1.94. The Kier molecular flexibility index (Phi) is 51.3. The third-order valence-corrected chi connectivity index (χ3v) is 15.8. The Morgan fingerprint density at radius 3 is 0.850 bits per heavy atom. The van der Waals surface area contributed by atoms with Gasteiger partial charge < -0.3 is 33.8 Å². The molecule has 0 aromatic carbocycles. The minimum atomic E-state index is -4.94. The molecule has 0 rings (SSSR count). The molecule has 0 saturated heterocycles. The molecule has 474 valence electrons. The standard InChI is InChI=1S/C61H118O17P2/c1-8-9-10-11-12-13-14-15-16-19-30-37-44-60(65)77-56(48-71-58(63)42-35-28-20-17-18-25-32-39-52(2)3)50-75-79(67,68)73-46-55(62)47-74-80(69,70)76-51-57(78-61(66)45-38-31-24-22-27-34-41-54(6)7)49-72-59(64)43-36-29-23-21-26-33-40-53(4)5/h52-57,62H,8-51H2,1-7H3,(H,67,68)(H,69,70)/t55-,56-,57-/m1/s1. The van der Waals surface area contributed by atoms with Gasteiger partial charge in [0.15, 0.2) is 12.2 Å². The van der Waals surface area contributed by atoms with Crippen molar-refractivity contribution in [1.82, 2.24) is 0 Å². The number of hydrogen-bond acceptors (Lipinski definition) is 15. The summed E-state index contributed by atoms with van der Waals surface area (Å²) in [5.74, 6) is -0.0917. The van der Waals surface area contributed by atoms with Gasteiger partial charge in [-0.2, -0.15) is 0 Å². The average molecular weight is 1190 g/mol. The first-order chi connectivity index (χ1) is 38.2. The SMILES string of the molecule is CCCCCCCCCCCCCCC(=O)O[C@H](COC(=O)CCCCCCCCCC(C)C)COP(=O)(O)OC[C@@H](O)COP(=O)(O)OC[C@@H](COC(=O)CCCCCCCCC(C)C)OC(=O)CCCCCCCCC(C)C. The van der Waals surface area contributed by atoms with Crippen molar-refractivity contribution in [3.05, 3.63) is 0 Å². The van der Waals surface area contributed by atoms with Gasteiger partial charge in [-0.25, -0.2) is 9.13 Å². The molecule has 0 saturated carbocycles. The third kappa shape index (κ3) is 55.3. The highest BCUT2D eigenvalue weighted by molar-refractivity contribution is 7.47. The Bertz CT molecular complexity index is 1600. The van der Waals surface area contributed by atoms with Crippen LogP contribution in [0, 0.1) is 17.8 Å². The number of ether oxygens (including phenoxy) is 4. The first-order valence-electron chi connectivity index (χ1n) is 31.8. The van der Waals surface area contributed by atoms with Crippen LogP contribution < -0.4 is 0 Å². The van der Waals surface area contributed by atoms with Gasteiger partial charge in [0.25, 0.3) is 0 Å². The van der Waals surface area contributed by atoms with Crippen molar-refractivity contribution >= 4 is 39.5 Å². The molecule has 0 aromatic heterocycles. The summed E-state index contributed by atoms with van der Waals surface area (Å²) in [6.07, 6.45) is 32.4. The topological polar surface area (TPSA) is 237 Å². The highest BCUT2D eigenvalue weighted by Crippen LogP contribution is 2.45. The largest absolute Gasteiger partial charge is 0.472 e. The molecule has 5 atom stereocenters. The molecule has 3 N–H and O–H groups in total. The van der Waals surface area contributed by atoms with Gasteiger partial charge in [0.1, 0.15) is 19.3 Å². The number of aliphatic hydroxyl groups is 1. The molecule has 19 heteroatoms. The van der Waals surface area contributed by atoms with Crippen LogP contribution in [0.2, 0.25) is 0 Å². The highest BCUT2D eigenvalue weighted by atomic mass is 31.2. The second kappa shape index (κ2) is 52.6. The summed E-state index contributed by atoms with van der Waals surface area (Å²) in [5, 5.41) is 10.5. The van der Waals surface area contributed by atoms with Crippen LogP contribution in [-0.2, 0) is 65.4 Å². The fourth-order valence-electron chi connectivity index (χ4n) is 8.95. The van der Waals surface area contributed by atoms with Crippen molar-refractivity contribution in [2.75, 3.05) is 39.6 Å². The molecule has 0 aromatic rings. The fraction of sp³-hybridized carbons (Fsp3) is 0.934. The van der Waals surface area contributed by atoms with Gasteiger partial charge in [0.05, 0.1) is 26.4 Å². The second-order valence-corrected chi connectivity index (χ2v) is 26.4. The summed E-state index contributed by atoms with van der Waals surface area (Å²) in [5.41, 5.74) is 0. The maximum Gasteiger partial charge on any atom is 0.472 e. The van der Waals surface area contributed by atoms with Crippen LogP contribution in [0.4, 0.5) is 0 Å². The molecule has 0 heterocycles. The lowest BCUT2D eigenvalue weighted by Crippen LogP contribution is -2.30. The summed E-state index contributed by atoms with van der Waals surface area (Å²) in [6.45, 7) is 11.5. The van der Waals surface area contributed by atoms with Gasteiger partial charge in [0, 0.05) is 25.7 Å². The zero-order valence-electron chi connectivity index (χ0n) is 51.5. The van der Waals surface area contributed by atoms with Crippen LogP contribution in [0.15, 0.2) is 0 Å². The Morgan fingerprint density at radius 1 is 0.338 bits per heavy atom. The monoisotopic (exact) mass is 1180 g/mol. The lowest BCUT2D eigenvalue weighted by Gasteiger charge is -2.21. The third-order valence-electron chi connectivity index (χ3n) is 13.9. The average Bonchev–Trinajstić information content (AvgIpc) is 3.40. The van der Waals surface area contributed by atoms with Gasteiger partial charge in [-0.3, -0.25) is 37.3 Å². The van der Waals surface area contributed by atoms with Gasteiger partial charge in [-0.05, 0) is 43.4 Å². The molecule has 80 heavy (non-hydrogen) atoms. The molecule has 17 nitrogen and oxygen atoms in total. The maximum absolute atomic E-state index is 12.9. The smallest absolute Gasteiger partial charge is 0.462 e. The minimum absolute atomic E-state index is 0.101. The number of carbonyl (C=O) groups is 4. The number of hydrogen-bond donors (Lipinski definition) is 3. The number of phosphoric acid groups is 2. The van der Waals surface area contributed by atoms with Gasteiger partial charge in [0.2, 0.25) is 0 Å². The summed E-state index contributed by atoms with van der Waals surface area (Å²) in [4.78, 5) is 72.0. The van der Waals surface area contributed by atoms with E-state index in [1.807, 2.05) is 0 Å². The molecule has 0 aliphatic rings. The van der Waals surface area contributed by atoms with Crippen LogP contribution in [-0.4, -0.2) is 96.7 Å². The second-order valence-electron chi connectivity index (χ2n) is 23.5. The predicted molar refractivity (Wildman–Crippen MR) is 317 cm³/mol. The van der Waals surface area contributed by atoms with Crippen LogP contribution in [0.25, 0.3) is 0 Å². The van der Waals surface area contributed by atoms with Crippen molar-refractivity contribution in [3.8, 4) is 0 Å². The van der Waals surface area contributed by atoms with Crippen LogP contribution in [0.5, 0.6) is 0 Å². The number of unbranched alkanes of at least 4 members (excludes halogenated alkanes) is 27. The van der Waals surface area contributed by atoms with Gasteiger partial charge in [-0.1, -0.05) is 241 Å². The van der Waals surface area contributed by atoms with E-state index in [1.54, 1.807) is 0 Å². The minimum Gasteiger partial charge on any atom is -0.462 e. The van der Waals surface area contributed by atoms with Crippen molar-refractivity contribution in [3.63, 3.8) is 0 Å². The molecule has 2 unspecified atom stereocenters. The fourth-order valence-corrected chi connectivity index (χ4v) is 10.5. The van der Waals surface area contributed by atoms with Crippen molar-refractivity contribution in [2.24, 2.45) is 17.8 Å². The van der Waals surface area contributed by atoms with Crippen LogP contribution >= 0.6 is 15.6 Å². The first kappa shape index (κ1) is 78.1. The number of phosphoric ester groups is 2. The van der Waals surface area contributed by atoms with E-state index in [2.05, 4.69) is 48.5 Å². The Labute approximate surface area is 486 Å². The van der Waals surface area contributed by atoms with Crippen molar-refractivity contribution in [1.29, 1.82) is 0 Å². The zero-order chi connectivity index (χ0) is 59.5. The summed E-state index contributed by atoms with van der Waals surface area (Å²) in [6, 6.07) is 0. The van der Waals surface area contributed by atoms with Gasteiger partial charge in [-0.15, -0.1) is 0 Å². The highest BCUT2D eigenvalue weighted by Gasteiger charge is 2.30. The normalized spacial score (nSPS) is 14.5. The van der Waals surface area contributed by atoms with E-state index in [0.717, 1.165) is 103 Å². The summed E-state index contributed by atoms with van der Waals surface area (Å²) in [7, 11) is -9.88. The molecular weight excluding hydrogens is 1070 g/mol. The molecule has 0 radical (unpaired) electrons. The van der Waals surface area contributed by atoms with E-state index in [1.165, 1.54) is 89.9 Å². The zero-order valence-corrected chi connectivity index (χ0v) is 53.3. The van der Waals surface area contributed by atoms with Crippen LogP contribution in [0.3, 0.4) is 0 Å².